The number of rotatable bonds is 8. The molecule has 2 saturated heterocycles. The van der Waals surface area contributed by atoms with Crippen LogP contribution in [0.2, 0.25) is 0 Å². The van der Waals surface area contributed by atoms with E-state index in [0.717, 1.165) is 48.7 Å². The molecule has 3 aromatic carbocycles. The van der Waals surface area contributed by atoms with Gasteiger partial charge in [-0.05, 0) is 108 Å². The van der Waals surface area contributed by atoms with Gasteiger partial charge >= 0.3 is 7.82 Å². The molecule has 5 aliphatic rings. The number of phosphoric acid groups is 1. The number of aryl methyl sites for hydroxylation is 1. The highest BCUT2D eigenvalue weighted by molar-refractivity contribution is 7.45. The third-order valence-electron chi connectivity index (χ3n) is 12.5. The summed E-state index contributed by atoms with van der Waals surface area (Å²) in [6.07, 6.45) is 12.0. The first-order valence-corrected chi connectivity index (χ1v) is 22.3. The second kappa shape index (κ2) is 22.8. The van der Waals surface area contributed by atoms with E-state index in [1.165, 1.54) is 53.8 Å². The van der Waals surface area contributed by atoms with Crippen LogP contribution in [0.25, 0.3) is 5.57 Å². The number of hydrogen-bond acceptors (Lipinski definition) is 9. The van der Waals surface area contributed by atoms with Crippen LogP contribution in [0.3, 0.4) is 0 Å². The predicted molar refractivity (Wildman–Crippen MR) is 249 cm³/mol. The maximum absolute atomic E-state index is 10.6. The molecule has 1 aromatic heterocycles. The number of likely N-dealkylation sites (N-methyl/N-ethyl adjacent to an activating group) is 2. The van der Waals surface area contributed by atoms with Crippen molar-refractivity contribution in [3.8, 4) is 11.5 Å². The second-order valence-electron chi connectivity index (χ2n) is 16.3. The van der Waals surface area contributed by atoms with E-state index in [2.05, 4.69) is 88.7 Å². The first-order valence-electron chi connectivity index (χ1n) is 20.8. The predicted octanol–water partition coefficient (Wildman–Crippen LogP) is 6.66. The van der Waals surface area contributed by atoms with Crippen LogP contribution in [-0.2, 0) is 16.4 Å². The van der Waals surface area contributed by atoms with Gasteiger partial charge < -0.3 is 44.6 Å². The quantitative estimate of drug-likeness (QED) is 0.0824. The molecule has 2 unspecified atom stereocenters. The van der Waals surface area contributed by atoms with E-state index in [0.29, 0.717) is 12.0 Å². The summed E-state index contributed by atoms with van der Waals surface area (Å²) in [5, 5.41) is 23.3. The lowest BCUT2D eigenvalue weighted by molar-refractivity contribution is -0.0453. The van der Waals surface area contributed by atoms with Crippen LogP contribution < -0.4 is 14.8 Å². The fraction of sp³-hybridized carbons (Fsp3) is 0.426. The Morgan fingerprint density at radius 2 is 1.65 bits per heavy atom. The lowest BCUT2D eigenvalue weighted by atomic mass is 9.53. The number of hydrogen-bond donors (Lipinski definition) is 6. The largest absolute Gasteiger partial charge is 0.493 e. The number of aromatic nitrogens is 1. The van der Waals surface area contributed by atoms with Crippen LogP contribution in [0.15, 0.2) is 109 Å². The molecule has 9 rings (SSSR count). The van der Waals surface area contributed by atoms with E-state index in [4.69, 9.17) is 28.7 Å². The van der Waals surface area contributed by atoms with Crippen LogP contribution in [0.1, 0.15) is 65.8 Å². The highest BCUT2D eigenvalue weighted by Gasteiger charge is 2.64. The van der Waals surface area contributed by atoms with Crippen LogP contribution in [0.4, 0.5) is 0 Å². The minimum atomic E-state index is -4.64. The summed E-state index contributed by atoms with van der Waals surface area (Å²) in [4.78, 5) is 31.1. The van der Waals surface area contributed by atoms with Gasteiger partial charge in [0.25, 0.3) is 0 Å². The number of methoxy groups -OCH3 is 1. The van der Waals surface area contributed by atoms with E-state index < -0.39 is 20.0 Å². The van der Waals surface area contributed by atoms with Crippen molar-refractivity contribution in [2.75, 3.05) is 47.4 Å². The molecular weight excluding hydrogens is 850 g/mol. The van der Waals surface area contributed by atoms with Crippen molar-refractivity contribution in [2.45, 2.75) is 75.3 Å². The van der Waals surface area contributed by atoms with E-state index >= 15 is 0 Å². The van der Waals surface area contributed by atoms with Crippen molar-refractivity contribution in [2.24, 2.45) is 5.92 Å². The van der Waals surface area contributed by atoms with E-state index in [1.807, 2.05) is 68.7 Å². The second-order valence-corrected chi connectivity index (χ2v) is 17.3. The maximum atomic E-state index is 10.6. The molecule has 3 aliphatic heterocycles. The Kier molecular flexibility index (Phi) is 18.8. The molecule has 0 amide bonds. The Morgan fingerprint density at radius 1 is 0.984 bits per heavy atom. The van der Waals surface area contributed by atoms with Crippen molar-refractivity contribution >= 4 is 38.2 Å². The first kappa shape index (κ1) is 51.0. The number of nitrogens with zero attached hydrogens (tertiary/aromatic N) is 3. The zero-order valence-electron chi connectivity index (χ0n) is 36.1. The number of aliphatic hydroxyl groups is 2. The Morgan fingerprint density at radius 3 is 2.26 bits per heavy atom. The van der Waals surface area contributed by atoms with Gasteiger partial charge in [-0.3, -0.25) is 9.88 Å². The zero-order valence-corrected chi connectivity index (χ0v) is 38.6. The lowest BCUT2D eigenvalue weighted by Gasteiger charge is -2.56. The molecular formula is C47H63Cl2N4O8P. The van der Waals surface area contributed by atoms with E-state index in [1.54, 1.807) is 7.11 Å². The molecule has 2 aliphatic carbocycles. The monoisotopic (exact) mass is 912 g/mol. The lowest BCUT2D eigenvalue weighted by Crippen LogP contribution is -2.64. The van der Waals surface area contributed by atoms with Gasteiger partial charge in [-0.1, -0.05) is 90.5 Å². The third-order valence-corrected chi connectivity index (χ3v) is 12.5. The van der Waals surface area contributed by atoms with Crippen molar-refractivity contribution in [1.82, 2.24) is 20.1 Å². The fourth-order valence-corrected chi connectivity index (χ4v) is 9.30. The van der Waals surface area contributed by atoms with Gasteiger partial charge in [-0.2, -0.15) is 0 Å². The topological polar surface area (TPSA) is 168 Å². The van der Waals surface area contributed by atoms with Gasteiger partial charge in [0.05, 0.1) is 18.9 Å². The molecule has 4 aromatic rings. The van der Waals surface area contributed by atoms with Crippen LogP contribution in [-0.4, -0.2) is 111 Å². The number of pyridine rings is 1. The normalized spacial score (nSPS) is 24.1. The van der Waals surface area contributed by atoms with Crippen LogP contribution in [0, 0.1) is 12.8 Å². The molecule has 338 valence electrons. The van der Waals surface area contributed by atoms with Crippen molar-refractivity contribution in [1.29, 1.82) is 0 Å². The SMILES string of the molecule is CNC(C)C(O)c1ccccc1.COc1ccc2c3c1O[C@H]1[C@@H](O)C=C[C@H]4[C@@H](C2)N(C)CC[C@@]341.Cc1ccc(/C(=C\CN2CCCC2)c2ccccn2)cc1.Cl.Cl.O=P(O)(O)O. The number of benzene rings is 3. The molecule has 62 heavy (non-hydrogen) atoms. The number of likely N-dealkylation sites (tertiary alicyclic amines) is 2. The van der Waals surface area contributed by atoms with Gasteiger partial charge in [-0.15, -0.1) is 24.8 Å². The molecule has 2 fully saturated rings. The van der Waals surface area contributed by atoms with Gasteiger partial charge in [0.15, 0.2) is 11.5 Å². The van der Waals surface area contributed by atoms with E-state index in [-0.39, 0.29) is 42.4 Å². The zero-order chi connectivity index (χ0) is 43.0. The van der Waals surface area contributed by atoms with Gasteiger partial charge in [-0.25, -0.2) is 4.57 Å². The smallest absolute Gasteiger partial charge is 0.466 e. The third kappa shape index (κ3) is 11.9. The van der Waals surface area contributed by atoms with E-state index in [9.17, 15) is 10.2 Å². The summed E-state index contributed by atoms with van der Waals surface area (Å²) >= 11 is 0. The minimum Gasteiger partial charge on any atom is -0.493 e. The summed E-state index contributed by atoms with van der Waals surface area (Å²) in [7, 11) is 1.11. The summed E-state index contributed by atoms with van der Waals surface area (Å²) in [6.45, 7) is 8.59. The number of halogens is 2. The highest BCUT2D eigenvalue weighted by atomic mass is 35.5. The van der Waals surface area contributed by atoms with Gasteiger partial charge in [0.1, 0.15) is 12.2 Å². The molecule has 15 heteroatoms. The molecule has 7 atom stereocenters. The summed E-state index contributed by atoms with van der Waals surface area (Å²) < 4.78 is 20.7. The highest BCUT2D eigenvalue weighted by Crippen LogP contribution is 2.62. The first-order chi connectivity index (χ1) is 28.7. The van der Waals surface area contributed by atoms with Gasteiger partial charge in [0, 0.05) is 47.3 Å². The Bertz CT molecular complexity index is 2110. The van der Waals surface area contributed by atoms with Crippen molar-refractivity contribution < 1.29 is 38.9 Å². The number of nitrogens with one attached hydrogen (secondary N) is 1. The van der Waals surface area contributed by atoms with Crippen molar-refractivity contribution in [3.63, 3.8) is 0 Å². The average molecular weight is 914 g/mol. The number of ether oxygens (including phenoxy) is 2. The summed E-state index contributed by atoms with van der Waals surface area (Å²) in [5.74, 6) is 2.09. The molecule has 4 heterocycles. The van der Waals surface area contributed by atoms with Crippen molar-refractivity contribution in [3.05, 3.63) is 143 Å². The molecule has 12 nitrogen and oxygen atoms in total. The fourth-order valence-electron chi connectivity index (χ4n) is 9.30. The van der Waals surface area contributed by atoms with Crippen LogP contribution >= 0.6 is 32.6 Å². The molecule has 0 saturated carbocycles. The number of aliphatic hydroxyl groups excluding tert-OH is 2. The Hall–Kier alpha value is -3.62. The molecule has 2 bridgehead atoms. The summed E-state index contributed by atoms with van der Waals surface area (Å²) in [5.41, 5.74) is 8.39. The number of piperidine rings is 1. The standard InChI is InChI=1S/C19H22N2.C18H21NO3.C10H15NO.2ClH.H3O4P/c1-16-7-9-17(10-8-16)18(19-6-2-3-12-20-19)11-15-21-13-4-5-14-21;1-19-8-7-18-11-4-5-13(20)17(18)22-16-14(21-2)6-3-10(15(16)18)9-12(11)19;1-8(11-2)10(12)9-6-4-3-5-7-9;;;1-5(2,3)4/h2-3,6-12H,4-5,13-15H2,1H3;3-6,11-13,17,20H,7-9H2,1-2H3;3-8,10-12H,1-2H3;2*1H;(H3,1,2,3,4)/b18-11+;;;;;/t;11-,12+,13-,17-,18-;;;;/m.0..../s1. The maximum Gasteiger partial charge on any atom is 0.466 e. The Balaban J connectivity index is 0.000000198. The molecule has 0 radical (unpaired) electrons. The minimum absolute atomic E-state index is 0. The molecule has 1 spiro atoms. The average Bonchev–Trinajstić information content (AvgIpc) is 3.90. The molecule has 6 N–H and O–H groups in total. The summed E-state index contributed by atoms with van der Waals surface area (Å²) in [6, 6.07) is 29.3. The Labute approximate surface area is 378 Å². The van der Waals surface area contributed by atoms with Gasteiger partial charge in [0.2, 0.25) is 0 Å². The van der Waals surface area contributed by atoms with Crippen LogP contribution in [0.5, 0.6) is 11.5 Å².